The monoisotopic (exact) mass is 341 g/mol. The van der Waals surface area contributed by atoms with E-state index < -0.39 is 11.6 Å². The molecule has 0 aliphatic heterocycles. The van der Waals surface area contributed by atoms with Gasteiger partial charge in [-0.15, -0.1) is 0 Å². The van der Waals surface area contributed by atoms with Gasteiger partial charge in [-0.25, -0.2) is 9.78 Å². The second kappa shape index (κ2) is 7.23. The molecule has 1 atom stereocenters. The number of carbonyl (C=O) groups is 1. The van der Waals surface area contributed by atoms with Crippen LogP contribution in [0.2, 0.25) is 0 Å². The number of nitrogens with zero attached hydrogens (tertiary/aromatic N) is 1. The van der Waals surface area contributed by atoms with Gasteiger partial charge in [0.05, 0.1) is 25.0 Å². The Morgan fingerprint density at radius 3 is 2.68 bits per heavy atom. The van der Waals surface area contributed by atoms with E-state index in [0.29, 0.717) is 17.3 Å². The van der Waals surface area contributed by atoms with Crippen molar-refractivity contribution in [1.82, 2.24) is 15.6 Å². The molecule has 3 aromatic rings. The lowest BCUT2D eigenvalue weighted by molar-refractivity contribution is 0.0367. The molecule has 0 aliphatic carbocycles. The summed E-state index contributed by atoms with van der Waals surface area (Å²) in [6.07, 6.45) is 2.97. The van der Waals surface area contributed by atoms with Crippen molar-refractivity contribution in [3.63, 3.8) is 0 Å². The standard InChI is InChI=1S/C18H19N3O4/c1-18(23,15-8-5-9-24-15)12-20-17(22)19-10-14-11-25-16(21-14)13-6-3-2-4-7-13/h2-9,11,23H,10,12H2,1H3,(H2,19,20,22)/t18-/m1/s1. The summed E-state index contributed by atoms with van der Waals surface area (Å²) in [5.41, 5.74) is 0.189. The Bertz CT molecular complexity index is 810. The van der Waals surface area contributed by atoms with Crippen LogP contribution in [-0.2, 0) is 12.1 Å². The number of hydrogen-bond donors (Lipinski definition) is 3. The zero-order chi connectivity index (χ0) is 17.7. The molecule has 7 nitrogen and oxygen atoms in total. The van der Waals surface area contributed by atoms with Gasteiger partial charge in [0.25, 0.3) is 0 Å². The Morgan fingerprint density at radius 1 is 1.16 bits per heavy atom. The second-order valence-corrected chi connectivity index (χ2v) is 5.80. The SMILES string of the molecule is C[C@@](O)(CNC(=O)NCc1coc(-c2ccccc2)n1)c1ccco1. The van der Waals surface area contributed by atoms with Crippen molar-refractivity contribution in [2.75, 3.05) is 6.54 Å². The number of rotatable bonds is 6. The van der Waals surface area contributed by atoms with Crippen LogP contribution < -0.4 is 10.6 Å². The molecule has 3 N–H and O–H groups in total. The van der Waals surface area contributed by atoms with Gasteiger partial charge in [-0.1, -0.05) is 18.2 Å². The quantitative estimate of drug-likeness (QED) is 0.640. The maximum Gasteiger partial charge on any atom is 0.315 e. The summed E-state index contributed by atoms with van der Waals surface area (Å²) in [7, 11) is 0. The summed E-state index contributed by atoms with van der Waals surface area (Å²) < 4.78 is 10.6. The van der Waals surface area contributed by atoms with Gasteiger partial charge in [0.1, 0.15) is 17.6 Å². The lowest BCUT2D eigenvalue weighted by Gasteiger charge is -2.21. The van der Waals surface area contributed by atoms with Gasteiger partial charge < -0.3 is 24.6 Å². The zero-order valence-corrected chi connectivity index (χ0v) is 13.7. The van der Waals surface area contributed by atoms with Crippen LogP contribution in [0.4, 0.5) is 4.79 Å². The van der Waals surface area contributed by atoms with Gasteiger partial charge in [0.15, 0.2) is 0 Å². The molecule has 2 amide bonds. The van der Waals surface area contributed by atoms with Gasteiger partial charge in [0.2, 0.25) is 5.89 Å². The van der Waals surface area contributed by atoms with Crippen LogP contribution in [-0.4, -0.2) is 22.7 Å². The predicted octanol–water partition coefficient (Wildman–Crippen LogP) is 2.64. The number of benzene rings is 1. The van der Waals surface area contributed by atoms with Crippen molar-refractivity contribution in [2.45, 2.75) is 19.1 Å². The average molecular weight is 341 g/mol. The fourth-order valence-corrected chi connectivity index (χ4v) is 2.26. The third kappa shape index (κ3) is 4.27. The van der Waals surface area contributed by atoms with Crippen LogP contribution in [0.3, 0.4) is 0 Å². The summed E-state index contributed by atoms with van der Waals surface area (Å²) in [4.78, 5) is 16.2. The van der Waals surface area contributed by atoms with Crippen LogP contribution in [0.25, 0.3) is 11.5 Å². The number of urea groups is 1. The maximum absolute atomic E-state index is 11.9. The highest BCUT2D eigenvalue weighted by molar-refractivity contribution is 5.73. The highest BCUT2D eigenvalue weighted by Crippen LogP contribution is 2.20. The maximum atomic E-state index is 11.9. The normalized spacial score (nSPS) is 13.2. The number of aliphatic hydroxyl groups is 1. The van der Waals surface area contributed by atoms with Crippen molar-refractivity contribution in [2.24, 2.45) is 0 Å². The number of nitrogens with one attached hydrogen (secondary N) is 2. The minimum atomic E-state index is -1.28. The molecule has 0 radical (unpaired) electrons. The largest absolute Gasteiger partial charge is 0.466 e. The Morgan fingerprint density at radius 2 is 1.96 bits per heavy atom. The number of carbonyl (C=O) groups excluding carboxylic acids is 1. The molecule has 25 heavy (non-hydrogen) atoms. The zero-order valence-electron chi connectivity index (χ0n) is 13.7. The highest BCUT2D eigenvalue weighted by Gasteiger charge is 2.26. The van der Waals surface area contributed by atoms with Crippen molar-refractivity contribution in [3.8, 4) is 11.5 Å². The topological polar surface area (TPSA) is 101 Å². The number of furan rings is 1. The van der Waals surface area contributed by atoms with E-state index in [2.05, 4.69) is 15.6 Å². The van der Waals surface area contributed by atoms with Gasteiger partial charge in [-0.05, 0) is 31.2 Å². The first-order valence-corrected chi connectivity index (χ1v) is 7.82. The molecular weight excluding hydrogens is 322 g/mol. The first-order chi connectivity index (χ1) is 12.0. The van der Waals surface area contributed by atoms with Crippen molar-refractivity contribution < 1.29 is 18.7 Å². The number of amides is 2. The number of oxazole rings is 1. The van der Waals surface area contributed by atoms with Crippen molar-refractivity contribution in [3.05, 3.63) is 66.4 Å². The summed E-state index contributed by atoms with van der Waals surface area (Å²) >= 11 is 0. The molecule has 2 aromatic heterocycles. The molecular formula is C18H19N3O4. The molecule has 0 bridgehead atoms. The fourth-order valence-electron chi connectivity index (χ4n) is 2.26. The minimum absolute atomic E-state index is 0.0143. The van der Waals surface area contributed by atoms with Crippen molar-refractivity contribution in [1.29, 1.82) is 0 Å². The highest BCUT2D eigenvalue weighted by atomic mass is 16.4. The third-order valence-corrected chi connectivity index (χ3v) is 3.65. The summed E-state index contributed by atoms with van der Waals surface area (Å²) in [5.74, 6) is 0.885. The lowest BCUT2D eigenvalue weighted by Crippen LogP contribution is -2.43. The number of aromatic nitrogens is 1. The summed E-state index contributed by atoms with van der Waals surface area (Å²) in [5, 5.41) is 15.5. The lowest BCUT2D eigenvalue weighted by atomic mass is 10.0. The minimum Gasteiger partial charge on any atom is -0.466 e. The Balaban J connectivity index is 1.49. The molecule has 2 heterocycles. The Labute approximate surface area is 144 Å². The van der Waals surface area contributed by atoms with Crippen LogP contribution in [0, 0.1) is 0 Å². The van der Waals surface area contributed by atoms with E-state index in [1.54, 1.807) is 19.1 Å². The van der Waals surface area contributed by atoms with Crippen LogP contribution in [0.1, 0.15) is 18.4 Å². The first kappa shape index (κ1) is 16.8. The first-order valence-electron chi connectivity index (χ1n) is 7.82. The van der Waals surface area contributed by atoms with E-state index in [1.807, 2.05) is 30.3 Å². The molecule has 3 rings (SSSR count). The van der Waals surface area contributed by atoms with E-state index in [-0.39, 0.29) is 13.1 Å². The Hall–Kier alpha value is -3.06. The van der Waals surface area contributed by atoms with Gasteiger partial charge >= 0.3 is 6.03 Å². The van der Waals surface area contributed by atoms with Gasteiger partial charge in [-0.3, -0.25) is 0 Å². The van der Waals surface area contributed by atoms with E-state index in [0.717, 1.165) is 5.56 Å². The smallest absolute Gasteiger partial charge is 0.315 e. The molecule has 0 unspecified atom stereocenters. The van der Waals surface area contributed by atoms with E-state index in [1.165, 1.54) is 12.5 Å². The molecule has 1 aromatic carbocycles. The molecule has 7 heteroatoms. The van der Waals surface area contributed by atoms with Crippen LogP contribution in [0.5, 0.6) is 0 Å². The third-order valence-electron chi connectivity index (χ3n) is 3.65. The number of hydrogen-bond acceptors (Lipinski definition) is 5. The van der Waals surface area contributed by atoms with Crippen LogP contribution >= 0.6 is 0 Å². The van der Waals surface area contributed by atoms with Gasteiger partial charge in [-0.2, -0.15) is 0 Å². The van der Waals surface area contributed by atoms with E-state index >= 15 is 0 Å². The van der Waals surface area contributed by atoms with E-state index in [4.69, 9.17) is 8.83 Å². The molecule has 0 saturated heterocycles. The van der Waals surface area contributed by atoms with Gasteiger partial charge in [0, 0.05) is 5.56 Å². The van der Waals surface area contributed by atoms with Crippen LogP contribution in [0.15, 0.2) is 63.8 Å². The second-order valence-electron chi connectivity index (χ2n) is 5.80. The summed E-state index contributed by atoms with van der Waals surface area (Å²) in [6, 6.07) is 12.4. The molecule has 0 fully saturated rings. The Kier molecular flexibility index (Phi) is 4.85. The molecule has 0 spiro atoms. The van der Waals surface area contributed by atoms with E-state index in [9.17, 15) is 9.90 Å². The fraction of sp³-hybridized carbons (Fsp3) is 0.222. The summed E-state index contributed by atoms with van der Waals surface area (Å²) in [6.45, 7) is 1.79. The molecule has 0 saturated carbocycles. The molecule has 130 valence electrons. The average Bonchev–Trinajstić information content (AvgIpc) is 3.31. The molecule has 0 aliphatic rings. The van der Waals surface area contributed by atoms with Crippen molar-refractivity contribution >= 4 is 6.03 Å². The predicted molar refractivity (Wildman–Crippen MR) is 90.5 cm³/mol.